The predicted molar refractivity (Wildman–Crippen MR) is 105 cm³/mol. The molecular formula is C21H27N3O2. The molecule has 1 aliphatic heterocycles. The molecule has 5 nitrogen and oxygen atoms in total. The van der Waals surface area contributed by atoms with Crippen molar-refractivity contribution >= 4 is 17.3 Å². The molecule has 0 aliphatic carbocycles. The van der Waals surface area contributed by atoms with Crippen LogP contribution in [0.15, 0.2) is 42.6 Å². The second kappa shape index (κ2) is 7.87. The van der Waals surface area contributed by atoms with Crippen molar-refractivity contribution in [2.45, 2.75) is 45.1 Å². The Bertz CT molecular complexity index is 727. The molecule has 2 heterocycles. The molecule has 0 bridgehead atoms. The van der Waals surface area contributed by atoms with Crippen molar-refractivity contribution in [1.82, 2.24) is 4.98 Å². The van der Waals surface area contributed by atoms with Gasteiger partial charge in [0.15, 0.2) is 0 Å². The summed E-state index contributed by atoms with van der Waals surface area (Å²) in [5, 5.41) is 6.19. The number of aromatic nitrogens is 1. The second-order valence-electron chi connectivity index (χ2n) is 7.73. The number of nitrogens with zero attached hydrogens (tertiary/aromatic N) is 1. The number of hydrogen-bond donors (Lipinski definition) is 2. The number of carbonyl (C=O) groups is 1. The van der Waals surface area contributed by atoms with Crippen LogP contribution in [-0.4, -0.2) is 30.1 Å². The van der Waals surface area contributed by atoms with E-state index >= 15 is 0 Å². The molecule has 1 saturated heterocycles. The minimum absolute atomic E-state index is 0.0937. The fourth-order valence-corrected chi connectivity index (χ4v) is 2.92. The van der Waals surface area contributed by atoms with E-state index in [-0.39, 0.29) is 17.4 Å². The fourth-order valence-electron chi connectivity index (χ4n) is 2.92. The lowest BCUT2D eigenvalue weighted by atomic mass is 9.87. The SMILES string of the molecule is CC(C)(C)c1ccc(NC(=O)c2ccc(NCC3CCCO3)cn2)cc1. The van der Waals surface area contributed by atoms with Gasteiger partial charge in [0.25, 0.3) is 5.91 Å². The molecular weight excluding hydrogens is 326 g/mol. The summed E-state index contributed by atoms with van der Waals surface area (Å²) >= 11 is 0. The number of carbonyl (C=O) groups excluding carboxylic acids is 1. The van der Waals surface area contributed by atoms with Crippen molar-refractivity contribution in [3.05, 3.63) is 53.9 Å². The van der Waals surface area contributed by atoms with Crippen molar-refractivity contribution in [3.8, 4) is 0 Å². The Kier molecular flexibility index (Phi) is 5.57. The molecule has 5 heteroatoms. The summed E-state index contributed by atoms with van der Waals surface area (Å²) in [6.07, 6.45) is 4.18. The summed E-state index contributed by atoms with van der Waals surface area (Å²) in [7, 11) is 0. The average molecular weight is 353 g/mol. The van der Waals surface area contributed by atoms with Crippen LogP contribution in [-0.2, 0) is 10.2 Å². The Hall–Kier alpha value is -2.40. The third-order valence-electron chi connectivity index (χ3n) is 4.56. The van der Waals surface area contributed by atoms with E-state index in [1.807, 2.05) is 30.3 Å². The lowest BCUT2D eigenvalue weighted by molar-refractivity contribution is 0.102. The molecule has 0 spiro atoms. The Balaban J connectivity index is 1.55. The van der Waals surface area contributed by atoms with Crippen molar-refractivity contribution in [1.29, 1.82) is 0 Å². The van der Waals surface area contributed by atoms with Gasteiger partial charge in [-0.15, -0.1) is 0 Å². The third kappa shape index (κ3) is 4.82. The number of rotatable bonds is 5. The van der Waals surface area contributed by atoms with Crippen LogP contribution in [0.1, 0.15) is 49.7 Å². The highest BCUT2D eigenvalue weighted by atomic mass is 16.5. The van der Waals surface area contributed by atoms with Gasteiger partial charge in [-0.3, -0.25) is 4.79 Å². The normalized spacial score (nSPS) is 17.1. The molecule has 0 saturated carbocycles. The molecule has 26 heavy (non-hydrogen) atoms. The minimum Gasteiger partial charge on any atom is -0.381 e. The maximum absolute atomic E-state index is 12.4. The predicted octanol–water partition coefficient (Wildman–Crippen LogP) is 4.22. The molecule has 2 aromatic rings. The second-order valence-corrected chi connectivity index (χ2v) is 7.73. The first-order valence-electron chi connectivity index (χ1n) is 9.15. The number of hydrogen-bond acceptors (Lipinski definition) is 4. The first-order chi connectivity index (χ1) is 12.4. The number of pyridine rings is 1. The van der Waals surface area contributed by atoms with Gasteiger partial charge in [0.05, 0.1) is 18.0 Å². The Morgan fingerprint density at radius 2 is 1.88 bits per heavy atom. The summed E-state index contributed by atoms with van der Waals surface area (Å²) in [5.74, 6) is -0.209. The largest absolute Gasteiger partial charge is 0.381 e. The van der Waals surface area contributed by atoms with Crippen LogP contribution in [0.5, 0.6) is 0 Å². The van der Waals surface area contributed by atoms with Crippen molar-refractivity contribution < 1.29 is 9.53 Å². The zero-order valence-corrected chi connectivity index (χ0v) is 15.7. The van der Waals surface area contributed by atoms with E-state index in [1.54, 1.807) is 12.3 Å². The van der Waals surface area contributed by atoms with Gasteiger partial charge in [-0.2, -0.15) is 0 Å². The van der Waals surface area contributed by atoms with Crippen LogP contribution in [0.25, 0.3) is 0 Å². The van der Waals surface area contributed by atoms with E-state index < -0.39 is 0 Å². The molecule has 1 unspecified atom stereocenters. The van der Waals surface area contributed by atoms with E-state index in [2.05, 4.69) is 36.4 Å². The van der Waals surface area contributed by atoms with Gasteiger partial charge in [0.1, 0.15) is 5.69 Å². The van der Waals surface area contributed by atoms with Crippen LogP contribution >= 0.6 is 0 Å². The van der Waals surface area contributed by atoms with Crippen LogP contribution in [0.2, 0.25) is 0 Å². The van der Waals surface area contributed by atoms with Gasteiger partial charge in [-0.05, 0) is 48.1 Å². The van der Waals surface area contributed by atoms with Crippen molar-refractivity contribution in [3.63, 3.8) is 0 Å². The van der Waals surface area contributed by atoms with Gasteiger partial charge < -0.3 is 15.4 Å². The zero-order valence-electron chi connectivity index (χ0n) is 15.7. The van der Waals surface area contributed by atoms with Gasteiger partial charge in [0.2, 0.25) is 0 Å². The summed E-state index contributed by atoms with van der Waals surface area (Å²) in [4.78, 5) is 16.6. The number of benzene rings is 1. The summed E-state index contributed by atoms with van der Waals surface area (Å²) < 4.78 is 5.59. The first-order valence-corrected chi connectivity index (χ1v) is 9.15. The van der Waals surface area contributed by atoms with Gasteiger partial charge >= 0.3 is 0 Å². The number of amides is 1. The molecule has 1 aromatic carbocycles. The van der Waals surface area contributed by atoms with Gasteiger partial charge in [-0.1, -0.05) is 32.9 Å². The molecule has 138 valence electrons. The number of anilines is 2. The Morgan fingerprint density at radius 3 is 2.46 bits per heavy atom. The Morgan fingerprint density at radius 1 is 1.15 bits per heavy atom. The average Bonchev–Trinajstić information content (AvgIpc) is 3.13. The summed E-state index contributed by atoms with van der Waals surface area (Å²) in [5.41, 5.74) is 3.39. The molecule has 2 N–H and O–H groups in total. The standard InChI is InChI=1S/C21H27N3O2/c1-21(2,3)15-6-8-16(9-7-15)24-20(25)19-11-10-17(13-23-19)22-14-18-5-4-12-26-18/h6-11,13,18,22H,4-5,12,14H2,1-3H3,(H,24,25). The summed E-state index contributed by atoms with van der Waals surface area (Å²) in [6.45, 7) is 8.12. The molecule has 1 atom stereocenters. The van der Waals surface area contributed by atoms with Crippen molar-refractivity contribution in [2.75, 3.05) is 23.8 Å². The van der Waals surface area contributed by atoms with Crippen LogP contribution < -0.4 is 10.6 Å². The van der Waals surface area contributed by atoms with Crippen LogP contribution in [0.3, 0.4) is 0 Å². The monoisotopic (exact) mass is 353 g/mol. The van der Waals surface area contributed by atoms with Crippen LogP contribution in [0.4, 0.5) is 11.4 Å². The van der Waals surface area contributed by atoms with Gasteiger partial charge in [0, 0.05) is 18.8 Å². The lowest BCUT2D eigenvalue weighted by Crippen LogP contribution is -2.19. The van der Waals surface area contributed by atoms with Crippen molar-refractivity contribution in [2.24, 2.45) is 0 Å². The number of nitrogens with one attached hydrogen (secondary N) is 2. The zero-order chi connectivity index (χ0) is 18.6. The van der Waals surface area contributed by atoms with E-state index in [9.17, 15) is 4.79 Å². The number of ether oxygens (including phenoxy) is 1. The third-order valence-corrected chi connectivity index (χ3v) is 4.56. The molecule has 1 amide bonds. The maximum atomic E-state index is 12.4. The van der Waals surface area contributed by atoms with E-state index in [0.29, 0.717) is 5.69 Å². The summed E-state index contributed by atoms with van der Waals surface area (Å²) in [6, 6.07) is 11.5. The highest BCUT2D eigenvalue weighted by Crippen LogP contribution is 2.23. The minimum atomic E-state index is -0.209. The van der Waals surface area contributed by atoms with Gasteiger partial charge in [-0.25, -0.2) is 4.98 Å². The molecule has 1 aromatic heterocycles. The fraction of sp³-hybridized carbons (Fsp3) is 0.429. The highest BCUT2D eigenvalue weighted by Gasteiger charge is 2.15. The topological polar surface area (TPSA) is 63.2 Å². The quantitative estimate of drug-likeness (QED) is 0.845. The van der Waals surface area contributed by atoms with E-state index in [1.165, 1.54) is 5.56 Å². The molecule has 0 radical (unpaired) electrons. The lowest BCUT2D eigenvalue weighted by Gasteiger charge is -2.19. The Labute approximate surface area is 155 Å². The van der Waals surface area contributed by atoms with E-state index in [0.717, 1.165) is 37.4 Å². The van der Waals surface area contributed by atoms with Crippen LogP contribution in [0, 0.1) is 0 Å². The van der Waals surface area contributed by atoms with E-state index in [4.69, 9.17) is 4.74 Å². The molecule has 3 rings (SSSR count). The molecule has 1 fully saturated rings. The molecule has 1 aliphatic rings. The first kappa shape index (κ1) is 18.4. The maximum Gasteiger partial charge on any atom is 0.274 e. The smallest absolute Gasteiger partial charge is 0.274 e. The highest BCUT2D eigenvalue weighted by molar-refractivity contribution is 6.02.